The molecule has 0 aliphatic carbocycles. The maximum absolute atomic E-state index is 12.2. The van der Waals surface area contributed by atoms with Crippen LogP contribution in [0, 0.1) is 6.92 Å². The largest absolute Gasteiger partial charge is 0.351 e. The molecule has 0 fully saturated rings. The predicted molar refractivity (Wildman–Crippen MR) is 36.2 cm³/mol. The fraction of sp³-hybridized carbons (Fsp3) is 0.400. The normalized spacial score (nSPS) is 11.9. The lowest BCUT2D eigenvalue weighted by atomic mass is 10.5. The number of nitrogens with zero attached hydrogens (tertiary/aromatic N) is 2. The first-order valence-electron chi connectivity index (χ1n) is 2.86. The lowest BCUT2D eigenvalue weighted by Gasteiger charge is -1.88. The van der Waals surface area contributed by atoms with Crippen molar-refractivity contribution in [2.75, 3.05) is 0 Å². The quantitative estimate of drug-likeness (QED) is 0.584. The third kappa shape index (κ3) is 1.56. The van der Waals surface area contributed by atoms with Crippen molar-refractivity contribution in [2.24, 2.45) is 7.05 Å². The molecule has 0 atom stereocenters. The van der Waals surface area contributed by atoms with Crippen LogP contribution in [0.25, 0.3) is 0 Å². The van der Waals surface area contributed by atoms with Crippen LogP contribution in [0.4, 0.5) is 3.89 Å². The fourth-order valence-corrected chi connectivity index (χ4v) is 1.18. The molecule has 0 aliphatic heterocycles. The molecule has 0 radical (unpaired) electrons. The van der Waals surface area contributed by atoms with Gasteiger partial charge in [-0.2, -0.15) is 13.5 Å². The van der Waals surface area contributed by atoms with Gasteiger partial charge in [-0.25, -0.2) is 0 Å². The van der Waals surface area contributed by atoms with Gasteiger partial charge in [-0.05, 0) is 6.92 Å². The maximum atomic E-state index is 12.2. The summed E-state index contributed by atoms with van der Waals surface area (Å²) in [5, 5.41) is 2.91. The van der Waals surface area contributed by atoms with E-state index in [0.717, 1.165) is 0 Å². The summed E-state index contributed by atoms with van der Waals surface area (Å²) in [7, 11) is -3.09. The number of rotatable bonds is 1. The van der Waals surface area contributed by atoms with Crippen LogP contribution in [0.3, 0.4) is 0 Å². The summed E-state index contributed by atoms with van der Waals surface area (Å²) in [6, 6.07) is 1.18. The molecule has 1 aromatic rings. The van der Waals surface area contributed by atoms with Gasteiger partial charge in [-0.3, -0.25) is 4.68 Å². The zero-order chi connectivity index (χ0) is 8.65. The number of hydrogen-bond acceptors (Lipinski definition) is 3. The molecule has 4 nitrogen and oxygen atoms in total. The summed E-state index contributed by atoms with van der Waals surface area (Å²) in [6.07, 6.45) is 0. The van der Waals surface area contributed by atoms with Gasteiger partial charge in [-0.1, -0.05) is 3.89 Å². The molecule has 0 bridgehead atoms. The SMILES string of the molecule is Cc1cc(S(=O)(=O)F)nn1C. The van der Waals surface area contributed by atoms with Crippen molar-refractivity contribution in [3.05, 3.63) is 11.8 Å². The van der Waals surface area contributed by atoms with Crippen LogP contribution in [0.1, 0.15) is 5.69 Å². The van der Waals surface area contributed by atoms with Crippen molar-refractivity contribution in [2.45, 2.75) is 11.9 Å². The predicted octanol–water partition coefficient (Wildman–Crippen LogP) is 0.387. The summed E-state index contributed by atoms with van der Waals surface area (Å²) < 4.78 is 34.0. The first kappa shape index (κ1) is 8.19. The minimum absolute atomic E-state index is 0.530. The number of halogens is 1. The van der Waals surface area contributed by atoms with Gasteiger partial charge < -0.3 is 0 Å². The van der Waals surface area contributed by atoms with Crippen LogP contribution in [0.2, 0.25) is 0 Å². The average molecular weight is 178 g/mol. The smallest absolute Gasteiger partial charge is 0.272 e. The van der Waals surface area contributed by atoms with Gasteiger partial charge >= 0.3 is 10.2 Å². The summed E-state index contributed by atoms with van der Waals surface area (Å²) in [5.41, 5.74) is 0.598. The molecule has 1 rings (SSSR count). The molecule has 0 unspecified atom stereocenters. The van der Waals surface area contributed by atoms with Crippen LogP contribution in [-0.2, 0) is 17.3 Å². The lowest BCUT2D eigenvalue weighted by molar-refractivity contribution is 0.544. The van der Waals surface area contributed by atoms with E-state index in [1.165, 1.54) is 10.7 Å². The third-order valence-corrected chi connectivity index (χ3v) is 2.04. The van der Waals surface area contributed by atoms with Crippen molar-refractivity contribution in [3.63, 3.8) is 0 Å². The van der Waals surface area contributed by atoms with Crippen molar-refractivity contribution < 1.29 is 12.3 Å². The van der Waals surface area contributed by atoms with E-state index >= 15 is 0 Å². The molecular formula is C5H7FN2O2S. The highest BCUT2D eigenvalue weighted by Crippen LogP contribution is 2.10. The van der Waals surface area contributed by atoms with Crippen molar-refractivity contribution in [3.8, 4) is 0 Å². The Hall–Kier alpha value is -0.910. The second kappa shape index (κ2) is 2.30. The zero-order valence-corrected chi connectivity index (χ0v) is 6.89. The van der Waals surface area contributed by atoms with Crippen molar-refractivity contribution in [1.82, 2.24) is 9.78 Å². The van der Waals surface area contributed by atoms with E-state index in [4.69, 9.17) is 0 Å². The molecule has 0 saturated heterocycles. The average Bonchev–Trinajstić information content (AvgIpc) is 2.11. The van der Waals surface area contributed by atoms with E-state index in [9.17, 15) is 12.3 Å². The van der Waals surface area contributed by atoms with Gasteiger partial charge in [0.2, 0.25) is 5.03 Å². The zero-order valence-electron chi connectivity index (χ0n) is 6.07. The Bertz CT molecular complexity index is 348. The molecule has 1 aromatic heterocycles. The molecule has 62 valence electrons. The van der Waals surface area contributed by atoms with Gasteiger partial charge in [-0.15, -0.1) is 0 Å². The maximum Gasteiger partial charge on any atom is 0.351 e. The molecule has 0 N–H and O–H groups in total. The molecule has 0 spiro atoms. The Morgan fingerprint density at radius 3 is 2.36 bits per heavy atom. The topological polar surface area (TPSA) is 52.0 Å². The van der Waals surface area contributed by atoms with Gasteiger partial charge in [0.05, 0.1) is 0 Å². The Kier molecular flexibility index (Phi) is 1.71. The van der Waals surface area contributed by atoms with E-state index in [-0.39, 0.29) is 0 Å². The summed E-state index contributed by atoms with van der Waals surface area (Å²) in [4.78, 5) is 0. The van der Waals surface area contributed by atoms with Crippen molar-refractivity contribution in [1.29, 1.82) is 0 Å². The minimum Gasteiger partial charge on any atom is -0.272 e. The van der Waals surface area contributed by atoms with Crippen LogP contribution < -0.4 is 0 Å². The standard InChI is InChI=1S/C5H7FN2O2S/c1-4-3-5(7-8(4)2)11(6,9)10/h3H,1-2H3. The van der Waals surface area contributed by atoms with Crippen LogP contribution >= 0.6 is 0 Å². The Morgan fingerprint density at radius 1 is 1.64 bits per heavy atom. The number of aromatic nitrogens is 2. The summed E-state index contributed by atoms with van der Waals surface area (Å²) >= 11 is 0. The van der Waals surface area contributed by atoms with Crippen LogP contribution in [-0.4, -0.2) is 18.2 Å². The first-order chi connectivity index (χ1) is 4.91. The van der Waals surface area contributed by atoms with E-state index in [2.05, 4.69) is 5.10 Å². The van der Waals surface area contributed by atoms with Crippen molar-refractivity contribution >= 4 is 10.2 Å². The molecule has 0 amide bonds. The van der Waals surface area contributed by atoms with Gasteiger partial charge in [0, 0.05) is 18.8 Å². The highest BCUT2D eigenvalue weighted by atomic mass is 32.3. The Morgan fingerprint density at radius 2 is 2.18 bits per heavy atom. The fourth-order valence-electron chi connectivity index (χ4n) is 0.647. The third-order valence-electron chi connectivity index (χ3n) is 1.34. The molecule has 11 heavy (non-hydrogen) atoms. The summed E-state index contributed by atoms with van der Waals surface area (Å²) in [5.74, 6) is 0. The molecule has 6 heteroatoms. The monoisotopic (exact) mass is 178 g/mol. The molecule has 1 heterocycles. The highest BCUT2D eigenvalue weighted by molar-refractivity contribution is 7.86. The number of hydrogen-bond donors (Lipinski definition) is 0. The molecule has 0 saturated carbocycles. The van der Waals surface area contributed by atoms with E-state index in [1.807, 2.05) is 0 Å². The molecule has 0 aromatic carbocycles. The molecule has 0 aliphatic rings. The summed E-state index contributed by atoms with van der Waals surface area (Å²) in [6.45, 7) is 1.64. The first-order valence-corrected chi connectivity index (χ1v) is 4.25. The second-order valence-electron chi connectivity index (χ2n) is 2.19. The Labute approximate surface area is 63.9 Å². The van der Waals surface area contributed by atoms with E-state index < -0.39 is 15.2 Å². The number of aryl methyl sites for hydroxylation is 2. The van der Waals surface area contributed by atoms with Crippen LogP contribution in [0.5, 0.6) is 0 Å². The minimum atomic E-state index is -4.64. The molecular weight excluding hydrogens is 171 g/mol. The lowest BCUT2D eigenvalue weighted by Crippen LogP contribution is -1.96. The second-order valence-corrected chi connectivity index (χ2v) is 3.48. The van der Waals surface area contributed by atoms with Gasteiger partial charge in [0.15, 0.2) is 0 Å². The highest BCUT2D eigenvalue weighted by Gasteiger charge is 2.16. The van der Waals surface area contributed by atoms with Crippen LogP contribution in [0.15, 0.2) is 11.1 Å². The van der Waals surface area contributed by atoms with E-state index in [0.29, 0.717) is 5.69 Å². The Balaban J connectivity index is 3.29. The van der Waals surface area contributed by atoms with Gasteiger partial charge in [0.25, 0.3) is 0 Å². The van der Waals surface area contributed by atoms with E-state index in [1.54, 1.807) is 14.0 Å². The van der Waals surface area contributed by atoms with Gasteiger partial charge in [0.1, 0.15) is 0 Å².